The minimum Gasteiger partial charge on any atom is -0.496 e. The van der Waals surface area contributed by atoms with E-state index in [4.69, 9.17) is 14.6 Å². The van der Waals surface area contributed by atoms with E-state index in [-0.39, 0.29) is 53.7 Å². The predicted molar refractivity (Wildman–Crippen MR) is 97.4 cm³/mol. The van der Waals surface area contributed by atoms with Crippen LogP contribution >= 0.6 is 0 Å². The highest BCUT2D eigenvalue weighted by atomic mass is 16.6. The number of carbonyl (C=O) groups excluding carboxylic acids is 1. The lowest BCUT2D eigenvalue weighted by Gasteiger charge is -2.12. The number of nitrogens with zero attached hydrogens (tertiary/aromatic N) is 2. The van der Waals surface area contributed by atoms with Crippen molar-refractivity contribution in [2.75, 3.05) is 25.6 Å². The van der Waals surface area contributed by atoms with Crippen molar-refractivity contribution in [1.29, 1.82) is 0 Å². The molecule has 0 fully saturated rings. The predicted octanol–water partition coefficient (Wildman–Crippen LogP) is 2.27. The summed E-state index contributed by atoms with van der Waals surface area (Å²) in [6, 6.07) is 7.43. The summed E-state index contributed by atoms with van der Waals surface area (Å²) in [7, 11) is 1.37. The van der Waals surface area contributed by atoms with Crippen molar-refractivity contribution >= 4 is 23.0 Å². The monoisotopic (exact) mass is 391 g/mol. The summed E-state index contributed by atoms with van der Waals surface area (Å²) >= 11 is 0. The molecule has 11 heteroatoms. The quantitative estimate of drug-likeness (QED) is 0.372. The van der Waals surface area contributed by atoms with E-state index in [0.29, 0.717) is 0 Å². The van der Waals surface area contributed by atoms with Crippen LogP contribution in [0.3, 0.4) is 0 Å². The van der Waals surface area contributed by atoms with Crippen LogP contribution < -0.4 is 10.1 Å². The fraction of sp³-hybridized carbons (Fsp3) is 0.235. The van der Waals surface area contributed by atoms with E-state index in [0.717, 1.165) is 6.07 Å². The van der Waals surface area contributed by atoms with Crippen molar-refractivity contribution in [3.8, 4) is 5.75 Å². The molecule has 0 aliphatic heterocycles. The number of anilines is 1. The Kier molecular flexibility index (Phi) is 6.82. The molecule has 0 aromatic heterocycles. The van der Waals surface area contributed by atoms with E-state index >= 15 is 0 Å². The molecule has 0 saturated carbocycles. The Morgan fingerprint density at radius 3 is 2.36 bits per heavy atom. The van der Waals surface area contributed by atoms with Crippen LogP contribution in [-0.4, -0.2) is 41.2 Å². The third-order valence-corrected chi connectivity index (χ3v) is 3.69. The second-order valence-corrected chi connectivity index (χ2v) is 5.47. The van der Waals surface area contributed by atoms with Gasteiger partial charge in [0.2, 0.25) is 0 Å². The van der Waals surface area contributed by atoms with E-state index in [1.807, 2.05) is 0 Å². The molecule has 0 spiro atoms. The number of aliphatic hydroxyl groups is 1. The highest BCUT2D eigenvalue weighted by molar-refractivity contribution is 5.96. The maximum absolute atomic E-state index is 12.5. The van der Waals surface area contributed by atoms with Crippen LogP contribution in [0.2, 0.25) is 0 Å². The zero-order chi connectivity index (χ0) is 20.7. The third kappa shape index (κ3) is 4.92. The first-order valence-electron chi connectivity index (χ1n) is 7.99. The Bertz CT molecular complexity index is 900. The number of nitro groups is 2. The third-order valence-electron chi connectivity index (χ3n) is 3.69. The average molecular weight is 391 g/mol. The molecule has 28 heavy (non-hydrogen) atoms. The van der Waals surface area contributed by atoms with Gasteiger partial charge in [-0.15, -0.1) is 0 Å². The van der Waals surface area contributed by atoms with Gasteiger partial charge in [-0.1, -0.05) is 0 Å². The van der Waals surface area contributed by atoms with Crippen LogP contribution in [0.5, 0.6) is 5.75 Å². The number of hydrogen-bond donors (Lipinski definition) is 2. The van der Waals surface area contributed by atoms with Crippen LogP contribution in [0.25, 0.3) is 0 Å². The van der Waals surface area contributed by atoms with Gasteiger partial charge in [-0.25, -0.2) is 4.79 Å². The molecule has 2 rings (SSSR count). The maximum atomic E-state index is 12.5. The minimum atomic E-state index is -0.877. The second kappa shape index (κ2) is 9.28. The maximum Gasteiger partial charge on any atom is 0.340 e. The summed E-state index contributed by atoms with van der Waals surface area (Å²) in [5.74, 6) is -0.589. The van der Waals surface area contributed by atoms with Crippen molar-refractivity contribution in [1.82, 2.24) is 0 Å². The lowest BCUT2D eigenvalue weighted by atomic mass is 10.1. The molecular weight excluding hydrogens is 374 g/mol. The van der Waals surface area contributed by atoms with Gasteiger partial charge in [0.05, 0.1) is 29.1 Å². The summed E-state index contributed by atoms with van der Waals surface area (Å²) in [5, 5.41) is 33.6. The molecule has 148 valence electrons. The number of nitro benzene ring substituents is 2. The lowest BCUT2D eigenvalue weighted by molar-refractivity contribution is -0.385. The molecule has 0 amide bonds. The van der Waals surface area contributed by atoms with Crippen LogP contribution in [0, 0.1) is 20.2 Å². The highest BCUT2D eigenvalue weighted by Crippen LogP contribution is 2.27. The number of carbonyl (C=O) groups is 1. The first-order valence-corrected chi connectivity index (χ1v) is 7.99. The van der Waals surface area contributed by atoms with Gasteiger partial charge in [0.1, 0.15) is 12.4 Å². The summed E-state index contributed by atoms with van der Waals surface area (Å²) in [4.78, 5) is 33.1. The average Bonchev–Trinajstić information content (AvgIpc) is 2.69. The van der Waals surface area contributed by atoms with Gasteiger partial charge in [-0.2, -0.15) is 0 Å². The molecular formula is C17H17N3O8. The summed E-state index contributed by atoms with van der Waals surface area (Å²) < 4.78 is 10.3. The molecule has 0 saturated heterocycles. The Morgan fingerprint density at radius 1 is 1.11 bits per heavy atom. The smallest absolute Gasteiger partial charge is 0.340 e. The Balaban J connectivity index is 2.27. The van der Waals surface area contributed by atoms with Gasteiger partial charge in [0.25, 0.3) is 11.4 Å². The number of non-ortho nitro benzene ring substituents is 2. The van der Waals surface area contributed by atoms with Crippen LogP contribution in [0.1, 0.15) is 15.9 Å². The number of hydrogen-bond acceptors (Lipinski definition) is 9. The number of methoxy groups -OCH3 is 1. The number of benzene rings is 2. The van der Waals surface area contributed by atoms with Crippen molar-refractivity contribution in [2.45, 2.75) is 6.61 Å². The highest BCUT2D eigenvalue weighted by Gasteiger charge is 2.19. The number of ether oxygens (including phenoxy) is 2. The number of rotatable bonds is 9. The summed E-state index contributed by atoms with van der Waals surface area (Å²) in [5.41, 5.74) is -0.106. The van der Waals surface area contributed by atoms with Gasteiger partial charge in [-0.3, -0.25) is 20.2 Å². The summed E-state index contributed by atoms with van der Waals surface area (Å²) in [6.45, 7) is -0.432. The number of esters is 1. The standard InChI is InChI=1S/C17H17N3O8/c1-27-16-5-3-12(19(23)24)8-11(16)10-28-17(22)14-9-13(20(25)26)2-4-15(14)18-6-7-21/h2-5,8-9,18,21H,6-7,10H2,1H3. The largest absolute Gasteiger partial charge is 0.496 e. The Hall–Kier alpha value is -3.73. The molecule has 0 heterocycles. The molecule has 0 atom stereocenters. The van der Waals surface area contributed by atoms with E-state index in [1.54, 1.807) is 0 Å². The van der Waals surface area contributed by atoms with Gasteiger partial charge in [-0.05, 0) is 12.1 Å². The Morgan fingerprint density at radius 2 is 1.75 bits per heavy atom. The van der Waals surface area contributed by atoms with Gasteiger partial charge in [0, 0.05) is 42.1 Å². The van der Waals surface area contributed by atoms with E-state index in [9.17, 15) is 25.0 Å². The molecule has 0 radical (unpaired) electrons. The molecule has 2 aromatic carbocycles. The van der Waals surface area contributed by atoms with Crippen molar-refractivity contribution in [3.63, 3.8) is 0 Å². The van der Waals surface area contributed by atoms with Crippen molar-refractivity contribution in [2.24, 2.45) is 0 Å². The summed E-state index contributed by atoms with van der Waals surface area (Å²) in [6.07, 6.45) is 0. The first kappa shape index (κ1) is 20.6. The van der Waals surface area contributed by atoms with Gasteiger partial charge in [0.15, 0.2) is 0 Å². The zero-order valence-electron chi connectivity index (χ0n) is 14.8. The molecule has 0 aliphatic carbocycles. The number of aliphatic hydroxyl groups excluding tert-OH is 1. The molecule has 2 aromatic rings. The molecule has 2 N–H and O–H groups in total. The molecule has 0 bridgehead atoms. The van der Waals surface area contributed by atoms with Gasteiger partial charge >= 0.3 is 5.97 Å². The van der Waals surface area contributed by atoms with E-state index < -0.39 is 15.8 Å². The molecule has 0 aliphatic rings. The van der Waals surface area contributed by atoms with Crippen LogP contribution in [0.4, 0.5) is 17.1 Å². The zero-order valence-corrected chi connectivity index (χ0v) is 14.8. The normalized spacial score (nSPS) is 10.2. The first-order chi connectivity index (χ1) is 13.4. The van der Waals surface area contributed by atoms with Crippen LogP contribution in [0.15, 0.2) is 36.4 Å². The van der Waals surface area contributed by atoms with Crippen molar-refractivity contribution < 1.29 is 29.2 Å². The minimum absolute atomic E-state index is 0.105. The van der Waals surface area contributed by atoms with Crippen molar-refractivity contribution in [3.05, 3.63) is 67.8 Å². The fourth-order valence-corrected chi connectivity index (χ4v) is 2.37. The fourth-order valence-electron chi connectivity index (χ4n) is 2.37. The molecule has 11 nitrogen and oxygen atoms in total. The Labute approximate surface area is 158 Å². The van der Waals surface area contributed by atoms with E-state index in [1.165, 1.54) is 37.4 Å². The molecule has 0 unspecified atom stereocenters. The van der Waals surface area contributed by atoms with Gasteiger partial charge < -0.3 is 19.9 Å². The SMILES string of the molecule is COc1ccc([N+](=O)[O-])cc1COC(=O)c1cc([N+](=O)[O-])ccc1NCCO. The van der Waals surface area contributed by atoms with E-state index in [2.05, 4.69) is 5.32 Å². The lowest BCUT2D eigenvalue weighted by Crippen LogP contribution is -2.13. The van der Waals surface area contributed by atoms with Crippen LogP contribution in [-0.2, 0) is 11.3 Å². The topological polar surface area (TPSA) is 154 Å². The second-order valence-electron chi connectivity index (χ2n) is 5.47. The number of nitrogens with one attached hydrogen (secondary N) is 1.